The molecular formula is C15H22ClNO. The third kappa shape index (κ3) is 3.25. The highest BCUT2D eigenvalue weighted by Crippen LogP contribution is 2.28. The van der Waals surface area contributed by atoms with Crippen LogP contribution in [0.2, 0.25) is 5.02 Å². The molecule has 1 saturated heterocycles. The van der Waals surface area contributed by atoms with Crippen LogP contribution in [0.25, 0.3) is 0 Å². The Labute approximate surface area is 115 Å². The molecule has 1 aromatic rings. The van der Waals surface area contributed by atoms with Crippen LogP contribution in [0.5, 0.6) is 0 Å². The molecular weight excluding hydrogens is 246 g/mol. The van der Waals surface area contributed by atoms with Gasteiger partial charge in [-0.2, -0.15) is 0 Å². The molecule has 0 saturated carbocycles. The molecule has 1 heterocycles. The number of nitrogens with zero attached hydrogens (tertiary/aromatic N) is 1. The van der Waals surface area contributed by atoms with E-state index < -0.39 is 0 Å². The Morgan fingerprint density at radius 1 is 1.28 bits per heavy atom. The summed E-state index contributed by atoms with van der Waals surface area (Å²) in [5, 5.41) is 10.4. The molecule has 0 aliphatic carbocycles. The first-order chi connectivity index (χ1) is 8.58. The molecule has 1 fully saturated rings. The van der Waals surface area contributed by atoms with Gasteiger partial charge in [0.25, 0.3) is 0 Å². The van der Waals surface area contributed by atoms with Gasteiger partial charge in [0, 0.05) is 11.1 Å². The van der Waals surface area contributed by atoms with E-state index in [0.717, 1.165) is 31.0 Å². The highest BCUT2D eigenvalue weighted by Gasteiger charge is 2.25. The quantitative estimate of drug-likeness (QED) is 0.906. The van der Waals surface area contributed by atoms with E-state index in [0.29, 0.717) is 12.0 Å². The van der Waals surface area contributed by atoms with Crippen molar-refractivity contribution in [2.75, 3.05) is 13.1 Å². The maximum Gasteiger partial charge on any atom is 0.0541 e. The molecule has 100 valence electrons. The molecule has 1 aromatic carbocycles. The maximum absolute atomic E-state index is 9.62. The van der Waals surface area contributed by atoms with Gasteiger partial charge in [0.2, 0.25) is 0 Å². The summed E-state index contributed by atoms with van der Waals surface area (Å²) >= 11 is 6.04. The predicted octanol–water partition coefficient (Wildman–Crippen LogP) is 3.49. The summed E-state index contributed by atoms with van der Waals surface area (Å²) in [4.78, 5) is 2.48. The first-order valence-electron chi connectivity index (χ1n) is 6.75. The molecule has 2 atom stereocenters. The van der Waals surface area contributed by atoms with Gasteiger partial charge in [-0.05, 0) is 63.4 Å². The zero-order valence-electron chi connectivity index (χ0n) is 11.1. The lowest BCUT2D eigenvalue weighted by atomic mass is 9.91. The smallest absolute Gasteiger partial charge is 0.0541 e. The summed E-state index contributed by atoms with van der Waals surface area (Å²) in [5.41, 5.74) is 1.28. The second kappa shape index (κ2) is 6.05. The van der Waals surface area contributed by atoms with E-state index in [1.165, 1.54) is 5.56 Å². The lowest BCUT2D eigenvalue weighted by molar-refractivity contribution is 0.0586. The average molecular weight is 268 g/mol. The minimum atomic E-state index is -0.173. The van der Waals surface area contributed by atoms with E-state index in [-0.39, 0.29) is 6.10 Å². The van der Waals surface area contributed by atoms with Crippen LogP contribution < -0.4 is 0 Å². The second-order valence-corrected chi connectivity index (χ2v) is 5.78. The lowest BCUT2D eigenvalue weighted by Gasteiger charge is -2.37. The Bertz CT molecular complexity index is 386. The molecule has 2 rings (SSSR count). The van der Waals surface area contributed by atoms with Crippen molar-refractivity contribution in [3.8, 4) is 0 Å². The highest BCUT2D eigenvalue weighted by atomic mass is 35.5. The molecule has 1 aliphatic rings. The third-order valence-electron chi connectivity index (χ3n) is 4.14. The van der Waals surface area contributed by atoms with Gasteiger partial charge in [-0.25, -0.2) is 0 Å². The maximum atomic E-state index is 9.62. The van der Waals surface area contributed by atoms with E-state index in [9.17, 15) is 5.11 Å². The molecule has 3 heteroatoms. The topological polar surface area (TPSA) is 23.5 Å². The van der Waals surface area contributed by atoms with Crippen LogP contribution in [0.1, 0.15) is 38.3 Å². The molecule has 1 aliphatic heterocycles. The number of halogens is 1. The molecule has 0 spiro atoms. The Balaban J connectivity index is 1.97. The van der Waals surface area contributed by atoms with Crippen molar-refractivity contribution in [3.63, 3.8) is 0 Å². The number of benzene rings is 1. The van der Waals surface area contributed by atoms with Crippen LogP contribution >= 0.6 is 11.6 Å². The van der Waals surface area contributed by atoms with E-state index in [2.05, 4.69) is 17.9 Å². The standard InChI is InChI=1S/C15H22ClNO/c1-11(14-4-3-5-15(16)10-14)17-8-6-13(7-9-17)12(2)18/h3-5,10-13,18H,6-9H2,1-2H3. The molecule has 0 bridgehead atoms. The zero-order chi connectivity index (χ0) is 13.1. The average Bonchev–Trinajstić information content (AvgIpc) is 2.38. The number of rotatable bonds is 3. The third-order valence-corrected chi connectivity index (χ3v) is 4.37. The first kappa shape index (κ1) is 13.9. The zero-order valence-corrected chi connectivity index (χ0v) is 11.9. The Hall–Kier alpha value is -0.570. The van der Waals surface area contributed by atoms with Crippen LogP contribution in [0, 0.1) is 5.92 Å². The van der Waals surface area contributed by atoms with Gasteiger partial charge in [-0.15, -0.1) is 0 Å². The number of hydrogen-bond acceptors (Lipinski definition) is 2. The molecule has 1 N–H and O–H groups in total. The summed E-state index contributed by atoms with van der Waals surface area (Å²) in [6.45, 7) is 6.25. The van der Waals surface area contributed by atoms with E-state index in [4.69, 9.17) is 11.6 Å². The Morgan fingerprint density at radius 2 is 1.94 bits per heavy atom. The van der Waals surface area contributed by atoms with Gasteiger partial charge in [0.15, 0.2) is 0 Å². The van der Waals surface area contributed by atoms with Gasteiger partial charge in [-0.3, -0.25) is 4.90 Å². The van der Waals surface area contributed by atoms with Gasteiger partial charge in [-0.1, -0.05) is 23.7 Å². The Kier molecular flexibility index (Phi) is 4.66. The van der Waals surface area contributed by atoms with Crippen LogP contribution in [0.15, 0.2) is 24.3 Å². The van der Waals surface area contributed by atoms with Crippen molar-refractivity contribution in [1.29, 1.82) is 0 Å². The molecule has 18 heavy (non-hydrogen) atoms. The summed E-state index contributed by atoms with van der Waals surface area (Å²) in [6.07, 6.45) is 2.00. The van der Waals surface area contributed by atoms with Crippen molar-refractivity contribution in [1.82, 2.24) is 4.90 Å². The number of piperidine rings is 1. The lowest BCUT2D eigenvalue weighted by Crippen LogP contribution is -2.38. The minimum absolute atomic E-state index is 0.173. The van der Waals surface area contributed by atoms with Gasteiger partial charge >= 0.3 is 0 Å². The van der Waals surface area contributed by atoms with Crippen LogP contribution in [0.3, 0.4) is 0 Å². The summed E-state index contributed by atoms with van der Waals surface area (Å²) < 4.78 is 0. The van der Waals surface area contributed by atoms with Crippen molar-refractivity contribution >= 4 is 11.6 Å². The monoisotopic (exact) mass is 267 g/mol. The molecule has 0 radical (unpaired) electrons. The summed E-state index contributed by atoms with van der Waals surface area (Å²) in [6, 6.07) is 8.51. The summed E-state index contributed by atoms with van der Waals surface area (Å²) in [5.74, 6) is 0.466. The van der Waals surface area contributed by atoms with Gasteiger partial charge in [0.1, 0.15) is 0 Å². The highest BCUT2D eigenvalue weighted by molar-refractivity contribution is 6.30. The second-order valence-electron chi connectivity index (χ2n) is 5.34. The van der Waals surface area contributed by atoms with Crippen molar-refractivity contribution in [2.45, 2.75) is 38.8 Å². The van der Waals surface area contributed by atoms with Crippen molar-refractivity contribution in [2.24, 2.45) is 5.92 Å². The van der Waals surface area contributed by atoms with Crippen LogP contribution in [-0.2, 0) is 0 Å². The van der Waals surface area contributed by atoms with E-state index in [1.54, 1.807) is 0 Å². The van der Waals surface area contributed by atoms with Gasteiger partial charge in [0.05, 0.1) is 6.10 Å². The Morgan fingerprint density at radius 3 is 2.50 bits per heavy atom. The number of aliphatic hydroxyl groups is 1. The van der Waals surface area contributed by atoms with Gasteiger partial charge < -0.3 is 5.11 Å². The fraction of sp³-hybridized carbons (Fsp3) is 0.600. The van der Waals surface area contributed by atoms with Crippen molar-refractivity contribution < 1.29 is 5.11 Å². The van der Waals surface area contributed by atoms with Crippen LogP contribution in [0.4, 0.5) is 0 Å². The molecule has 2 unspecified atom stereocenters. The SMILES string of the molecule is CC(O)C1CCN(C(C)c2cccc(Cl)c2)CC1. The molecule has 2 nitrogen and oxygen atoms in total. The fourth-order valence-corrected chi connectivity index (χ4v) is 2.97. The van der Waals surface area contributed by atoms with E-state index in [1.807, 2.05) is 25.1 Å². The van der Waals surface area contributed by atoms with Crippen molar-refractivity contribution in [3.05, 3.63) is 34.9 Å². The number of likely N-dealkylation sites (tertiary alicyclic amines) is 1. The van der Waals surface area contributed by atoms with E-state index >= 15 is 0 Å². The van der Waals surface area contributed by atoms with Crippen LogP contribution in [-0.4, -0.2) is 29.2 Å². The predicted molar refractivity (Wildman–Crippen MR) is 75.8 cm³/mol. The normalized spacial score (nSPS) is 21.8. The fourth-order valence-electron chi connectivity index (χ4n) is 2.77. The largest absolute Gasteiger partial charge is 0.393 e. The minimum Gasteiger partial charge on any atom is -0.393 e. The summed E-state index contributed by atoms with van der Waals surface area (Å²) in [7, 11) is 0. The molecule has 0 aromatic heterocycles. The number of aliphatic hydroxyl groups excluding tert-OH is 1. The first-order valence-corrected chi connectivity index (χ1v) is 7.13. The number of hydrogen-bond donors (Lipinski definition) is 1. The molecule has 0 amide bonds.